The third-order valence-electron chi connectivity index (χ3n) is 3.67. The van der Waals surface area contributed by atoms with Gasteiger partial charge in [0.15, 0.2) is 5.76 Å². The van der Waals surface area contributed by atoms with Crippen LogP contribution in [0.5, 0.6) is 0 Å². The molecule has 0 unspecified atom stereocenters. The van der Waals surface area contributed by atoms with Gasteiger partial charge in [0, 0.05) is 6.20 Å². The van der Waals surface area contributed by atoms with Crippen LogP contribution < -0.4 is 5.32 Å². The van der Waals surface area contributed by atoms with Crippen LogP contribution >= 0.6 is 0 Å². The fourth-order valence-corrected chi connectivity index (χ4v) is 3.36. The molecule has 0 saturated carbocycles. The summed E-state index contributed by atoms with van der Waals surface area (Å²) in [5, 5.41) is 2.34. The first kappa shape index (κ1) is 17.8. The van der Waals surface area contributed by atoms with Crippen LogP contribution in [0.1, 0.15) is 27.5 Å². The van der Waals surface area contributed by atoms with E-state index in [9.17, 15) is 13.2 Å². The van der Waals surface area contributed by atoms with Gasteiger partial charge in [-0.1, -0.05) is 17.7 Å². The number of nitrogens with zero attached hydrogens (tertiary/aromatic N) is 2. The van der Waals surface area contributed by atoms with Crippen molar-refractivity contribution in [2.75, 3.05) is 0 Å². The van der Waals surface area contributed by atoms with Crippen LogP contribution in [0.25, 0.3) is 0 Å². The Bertz CT molecular complexity index is 1020. The Hall–Kier alpha value is -3.00. The number of amides is 1. The molecule has 3 aromatic rings. The van der Waals surface area contributed by atoms with Gasteiger partial charge in [0.25, 0.3) is 5.91 Å². The summed E-state index contributed by atoms with van der Waals surface area (Å²) in [6.07, 6.45) is 3.16. The monoisotopic (exact) mass is 371 g/mol. The zero-order valence-corrected chi connectivity index (χ0v) is 15.1. The summed E-state index contributed by atoms with van der Waals surface area (Å²) in [5.41, 5.74) is 2.31. The Morgan fingerprint density at radius 2 is 1.77 bits per heavy atom. The van der Waals surface area contributed by atoms with Crippen molar-refractivity contribution in [1.82, 2.24) is 15.3 Å². The molecule has 0 saturated heterocycles. The van der Waals surface area contributed by atoms with Crippen LogP contribution in [0, 0.1) is 13.8 Å². The predicted molar refractivity (Wildman–Crippen MR) is 93.3 cm³/mol. The van der Waals surface area contributed by atoms with Gasteiger partial charge in [-0.25, -0.2) is 8.42 Å². The fourth-order valence-electron chi connectivity index (χ4n) is 2.19. The average Bonchev–Trinajstić information content (AvgIpc) is 3.12. The number of benzene rings is 1. The Labute approximate surface area is 151 Å². The minimum Gasteiger partial charge on any atom is -0.439 e. The van der Waals surface area contributed by atoms with Gasteiger partial charge in [-0.2, -0.15) is 0 Å². The lowest BCUT2D eigenvalue weighted by atomic mass is 10.2. The molecule has 7 nitrogen and oxygen atoms in total. The highest BCUT2D eigenvalue weighted by Crippen LogP contribution is 2.23. The third-order valence-corrected chi connectivity index (χ3v) is 5.31. The second-order valence-electron chi connectivity index (χ2n) is 5.77. The van der Waals surface area contributed by atoms with Crippen LogP contribution in [0.4, 0.5) is 0 Å². The molecule has 1 aromatic carbocycles. The molecule has 0 bridgehead atoms. The van der Waals surface area contributed by atoms with Crippen molar-refractivity contribution in [2.24, 2.45) is 0 Å². The predicted octanol–water partition coefficient (Wildman–Crippen LogP) is 2.45. The van der Waals surface area contributed by atoms with Crippen molar-refractivity contribution in [2.45, 2.75) is 30.4 Å². The van der Waals surface area contributed by atoms with Crippen LogP contribution in [0.15, 0.2) is 63.2 Å². The number of sulfone groups is 1. The van der Waals surface area contributed by atoms with Gasteiger partial charge in [-0.15, -0.1) is 0 Å². The second kappa shape index (κ2) is 7.09. The first-order chi connectivity index (χ1) is 12.4. The Balaban J connectivity index is 1.73. The van der Waals surface area contributed by atoms with Crippen molar-refractivity contribution in [3.05, 3.63) is 71.5 Å². The van der Waals surface area contributed by atoms with E-state index in [-0.39, 0.29) is 22.3 Å². The second-order valence-corrected chi connectivity index (χ2v) is 7.65. The molecule has 3 rings (SSSR count). The molecule has 2 aromatic heterocycles. The molecular weight excluding hydrogens is 354 g/mol. The van der Waals surface area contributed by atoms with Gasteiger partial charge < -0.3 is 9.73 Å². The standard InChI is InChI=1S/C18H17N3O4S/c1-12-3-5-15(6-4-12)26(23,24)17-8-7-16(25-17)18(22)21-11-14-10-19-13(2)9-20-14/h3-10H,11H2,1-2H3,(H,21,22). The molecule has 0 radical (unpaired) electrons. The van der Waals surface area contributed by atoms with Crippen LogP contribution in [0.3, 0.4) is 0 Å². The highest BCUT2D eigenvalue weighted by molar-refractivity contribution is 7.91. The van der Waals surface area contributed by atoms with Crippen molar-refractivity contribution in [3.8, 4) is 0 Å². The van der Waals surface area contributed by atoms with Gasteiger partial charge in [-0.05, 0) is 38.1 Å². The number of nitrogens with one attached hydrogen (secondary N) is 1. The molecule has 0 aliphatic heterocycles. The fraction of sp³-hybridized carbons (Fsp3) is 0.167. The minimum absolute atomic E-state index is 0.0873. The Morgan fingerprint density at radius 3 is 2.42 bits per heavy atom. The molecule has 0 atom stereocenters. The van der Waals surface area contributed by atoms with E-state index in [2.05, 4.69) is 15.3 Å². The van der Waals surface area contributed by atoms with Gasteiger partial charge in [0.1, 0.15) is 0 Å². The molecule has 0 spiro atoms. The molecule has 0 aliphatic carbocycles. The van der Waals surface area contributed by atoms with Crippen molar-refractivity contribution in [1.29, 1.82) is 0 Å². The third kappa shape index (κ3) is 3.80. The highest BCUT2D eigenvalue weighted by atomic mass is 32.2. The number of aromatic nitrogens is 2. The molecule has 0 aliphatic rings. The summed E-state index contributed by atoms with van der Waals surface area (Å²) < 4.78 is 30.4. The van der Waals surface area contributed by atoms with Gasteiger partial charge in [-0.3, -0.25) is 14.8 Å². The first-order valence-electron chi connectivity index (χ1n) is 7.83. The summed E-state index contributed by atoms with van der Waals surface area (Å²) in [6, 6.07) is 9.01. The van der Waals surface area contributed by atoms with E-state index in [0.717, 1.165) is 11.3 Å². The molecule has 1 amide bonds. The number of carbonyl (C=O) groups excluding carboxylic acids is 1. The molecule has 134 valence electrons. The number of carbonyl (C=O) groups is 1. The van der Waals surface area contributed by atoms with Crippen molar-refractivity contribution in [3.63, 3.8) is 0 Å². The summed E-state index contributed by atoms with van der Waals surface area (Å²) in [6.45, 7) is 3.84. The maximum absolute atomic E-state index is 12.5. The summed E-state index contributed by atoms with van der Waals surface area (Å²) in [5.74, 6) is -0.617. The highest BCUT2D eigenvalue weighted by Gasteiger charge is 2.23. The van der Waals surface area contributed by atoms with Crippen molar-refractivity contribution >= 4 is 15.7 Å². The molecule has 8 heteroatoms. The zero-order valence-electron chi connectivity index (χ0n) is 14.3. The molecular formula is C18H17N3O4S. The van der Waals surface area contributed by atoms with Gasteiger partial charge in [0.05, 0.1) is 29.0 Å². The van der Waals surface area contributed by atoms with Gasteiger partial charge in [0.2, 0.25) is 14.9 Å². The summed E-state index contributed by atoms with van der Waals surface area (Å²) >= 11 is 0. The van der Waals surface area contributed by atoms with E-state index in [1.54, 1.807) is 24.5 Å². The first-order valence-corrected chi connectivity index (χ1v) is 9.32. The smallest absolute Gasteiger partial charge is 0.287 e. The summed E-state index contributed by atoms with van der Waals surface area (Å²) in [7, 11) is -3.81. The van der Waals surface area contributed by atoms with Crippen LogP contribution in [-0.2, 0) is 16.4 Å². The maximum atomic E-state index is 12.5. The van der Waals surface area contributed by atoms with E-state index in [4.69, 9.17) is 4.42 Å². The number of furan rings is 1. The van der Waals surface area contributed by atoms with Crippen LogP contribution in [0.2, 0.25) is 0 Å². The summed E-state index contributed by atoms with van der Waals surface area (Å²) in [4.78, 5) is 20.5. The van der Waals surface area contributed by atoms with E-state index < -0.39 is 15.7 Å². The van der Waals surface area contributed by atoms with Crippen LogP contribution in [-0.4, -0.2) is 24.3 Å². The van der Waals surface area contributed by atoms with E-state index in [1.807, 2.05) is 13.8 Å². The van der Waals surface area contributed by atoms with Gasteiger partial charge >= 0.3 is 0 Å². The molecule has 2 heterocycles. The van der Waals surface area contributed by atoms with E-state index in [1.165, 1.54) is 24.3 Å². The maximum Gasteiger partial charge on any atom is 0.287 e. The number of rotatable bonds is 5. The lowest BCUT2D eigenvalue weighted by Gasteiger charge is -2.03. The average molecular weight is 371 g/mol. The SMILES string of the molecule is Cc1ccc(S(=O)(=O)c2ccc(C(=O)NCc3cnc(C)cn3)o2)cc1. The topological polar surface area (TPSA) is 102 Å². The number of hydrogen-bond acceptors (Lipinski definition) is 6. The number of aryl methyl sites for hydroxylation is 2. The Morgan fingerprint density at radius 1 is 1.04 bits per heavy atom. The van der Waals surface area contributed by atoms with Crippen molar-refractivity contribution < 1.29 is 17.6 Å². The van der Waals surface area contributed by atoms with E-state index >= 15 is 0 Å². The quantitative estimate of drug-likeness (QED) is 0.739. The molecule has 26 heavy (non-hydrogen) atoms. The lowest BCUT2D eigenvalue weighted by molar-refractivity contribution is 0.0917. The van der Waals surface area contributed by atoms with E-state index in [0.29, 0.717) is 5.69 Å². The normalized spacial score (nSPS) is 11.3. The largest absolute Gasteiger partial charge is 0.439 e. The lowest BCUT2D eigenvalue weighted by Crippen LogP contribution is -2.23. The number of hydrogen-bond donors (Lipinski definition) is 1. The zero-order chi connectivity index (χ0) is 18.7. The molecule has 1 N–H and O–H groups in total. The Kier molecular flexibility index (Phi) is 4.85. The molecule has 0 fully saturated rings. The minimum atomic E-state index is -3.81.